The maximum absolute atomic E-state index is 6.39. The van der Waals surface area contributed by atoms with E-state index in [9.17, 15) is 0 Å². The minimum Gasteiger partial charge on any atom is -0.317 e. The fourth-order valence-electron chi connectivity index (χ4n) is 3.17. The topological polar surface area (TPSA) is 46.0 Å². The molecule has 1 aliphatic heterocycles. The Hall–Kier alpha value is -2.08. The van der Waals surface area contributed by atoms with Crippen molar-refractivity contribution in [3.8, 4) is 5.69 Å². The number of anilines is 2. The number of nitrogens with one attached hydrogen (secondary N) is 1. The lowest BCUT2D eigenvalue weighted by atomic mass is 10.1. The van der Waals surface area contributed by atoms with E-state index in [4.69, 9.17) is 23.2 Å². The van der Waals surface area contributed by atoms with Crippen molar-refractivity contribution in [1.82, 2.24) is 19.9 Å². The van der Waals surface area contributed by atoms with Crippen LogP contribution in [0.4, 0.5) is 11.5 Å². The summed E-state index contributed by atoms with van der Waals surface area (Å²) in [6.45, 7) is 0.758. The molecule has 0 spiro atoms. The van der Waals surface area contributed by atoms with Gasteiger partial charge < -0.3 is 14.8 Å². The van der Waals surface area contributed by atoms with E-state index in [-0.39, 0.29) is 6.04 Å². The molecule has 0 radical (unpaired) electrons. The maximum Gasteiger partial charge on any atom is 0.163 e. The molecule has 1 aliphatic rings. The summed E-state index contributed by atoms with van der Waals surface area (Å²) in [5.74, 6) is 0.779. The lowest BCUT2D eigenvalue weighted by molar-refractivity contribution is 0.589. The van der Waals surface area contributed by atoms with Gasteiger partial charge in [0.2, 0.25) is 0 Å². The van der Waals surface area contributed by atoms with Crippen LogP contribution in [0.3, 0.4) is 0 Å². The number of likely N-dealkylation sites (N-methyl/N-ethyl adjacent to an activating group) is 1. The molecule has 1 unspecified atom stereocenters. The highest BCUT2D eigenvalue weighted by atomic mass is 35.5. The quantitative estimate of drug-likeness (QED) is 0.718. The molecule has 5 nitrogen and oxygen atoms in total. The van der Waals surface area contributed by atoms with Crippen LogP contribution in [-0.4, -0.2) is 28.1 Å². The fraction of sp³-hybridized carbons (Fsp3) is 0.176. The van der Waals surface area contributed by atoms with E-state index < -0.39 is 0 Å². The molecule has 2 aromatic heterocycles. The Labute approximate surface area is 149 Å². The maximum atomic E-state index is 6.39. The lowest BCUT2D eigenvalue weighted by Crippen LogP contribution is -2.37. The Kier molecular flexibility index (Phi) is 3.92. The lowest BCUT2D eigenvalue weighted by Gasteiger charge is -2.38. The molecule has 1 aromatic carbocycles. The number of benzene rings is 1. The van der Waals surface area contributed by atoms with Crippen LogP contribution in [-0.2, 0) is 0 Å². The Morgan fingerprint density at radius 2 is 1.92 bits per heavy atom. The van der Waals surface area contributed by atoms with Gasteiger partial charge in [0.1, 0.15) is 12.0 Å². The van der Waals surface area contributed by atoms with Crippen molar-refractivity contribution >= 4 is 34.7 Å². The van der Waals surface area contributed by atoms with Gasteiger partial charge >= 0.3 is 0 Å². The molecule has 1 N–H and O–H groups in total. The van der Waals surface area contributed by atoms with E-state index in [1.807, 2.05) is 43.6 Å². The van der Waals surface area contributed by atoms with E-state index in [0.717, 1.165) is 29.4 Å². The van der Waals surface area contributed by atoms with Crippen molar-refractivity contribution < 1.29 is 0 Å². The van der Waals surface area contributed by atoms with E-state index in [1.54, 1.807) is 0 Å². The van der Waals surface area contributed by atoms with Gasteiger partial charge in [-0.1, -0.05) is 23.2 Å². The van der Waals surface area contributed by atoms with Crippen LogP contribution in [0.15, 0.2) is 48.9 Å². The van der Waals surface area contributed by atoms with Crippen LogP contribution in [0.1, 0.15) is 11.7 Å². The predicted molar refractivity (Wildman–Crippen MR) is 96.6 cm³/mol. The van der Waals surface area contributed by atoms with Gasteiger partial charge in [-0.3, -0.25) is 0 Å². The number of rotatable bonds is 3. The van der Waals surface area contributed by atoms with E-state index in [0.29, 0.717) is 10.2 Å². The summed E-state index contributed by atoms with van der Waals surface area (Å²) in [4.78, 5) is 10.8. The molecule has 3 heterocycles. The summed E-state index contributed by atoms with van der Waals surface area (Å²) < 4.78 is 2.06. The summed E-state index contributed by atoms with van der Waals surface area (Å²) in [5, 5.41) is 4.40. The third kappa shape index (κ3) is 2.36. The molecule has 0 amide bonds. The number of fused-ring (bicyclic) bond motifs is 3. The Morgan fingerprint density at radius 1 is 1.12 bits per heavy atom. The molecule has 4 rings (SSSR count). The highest BCUT2D eigenvalue weighted by Gasteiger charge is 2.34. The molecule has 7 heteroatoms. The zero-order valence-electron chi connectivity index (χ0n) is 12.9. The summed E-state index contributed by atoms with van der Waals surface area (Å²) in [6, 6.07) is 11.9. The van der Waals surface area contributed by atoms with E-state index in [1.165, 1.54) is 6.33 Å². The van der Waals surface area contributed by atoms with Crippen molar-refractivity contribution in [3.05, 3.63) is 64.8 Å². The van der Waals surface area contributed by atoms with Gasteiger partial charge in [-0.25, -0.2) is 9.97 Å². The molecule has 0 bridgehead atoms. The minimum atomic E-state index is 0.0737. The second-order valence-electron chi connectivity index (χ2n) is 5.56. The number of nitrogens with zero attached hydrogens (tertiary/aromatic N) is 4. The first-order chi connectivity index (χ1) is 11.7. The molecule has 1 atom stereocenters. The van der Waals surface area contributed by atoms with Crippen LogP contribution in [0.5, 0.6) is 0 Å². The number of halogens is 2. The normalized spacial score (nSPS) is 16.0. The van der Waals surface area contributed by atoms with Crippen LogP contribution >= 0.6 is 23.2 Å². The van der Waals surface area contributed by atoms with Gasteiger partial charge in [-0.15, -0.1) is 0 Å². The molecular weight excluding hydrogens is 345 g/mol. The second kappa shape index (κ2) is 6.09. The molecule has 0 saturated heterocycles. The zero-order valence-corrected chi connectivity index (χ0v) is 14.5. The van der Waals surface area contributed by atoms with Crippen molar-refractivity contribution in [1.29, 1.82) is 0 Å². The second-order valence-corrected chi connectivity index (χ2v) is 6.35. The molecule has 3 aromatic rings. The monoisotopic (exact) mass is 359 g/mol. The highest BCUT2D eigenvalue weighted by molar-refractivity contribution is 6.31. The number of hydrogen-bond donors (Lipinski definition) is 1. The first-order valence-electron chi connectivity index (χ1n) is 7.58. The summed E-state index contributed by atoms with van der Waals surface area (Å²) in [7, 11) is 1.94. The largest absolute Gasteiger partial charge is 0.317 e. The number of hydrogen-bond acceptors (Lipinski definition) is 4. The molecule has 24 heavy (non-hydrogen) atoms. The Bertz CT molecular complexity index is 875. The SMILES string of the molecule is CNCC1c2cccn2-c2c(Cl)ncnc2N1c1ccc(Cl)cc1. The van der Waals surface area contributed by atoms with Crippen LogP contribution in [0.2, 0.25) is 10.2 Å². The van der Waals surface area contributed by atoms with Crippen LogP contribution in [0.25, 0.3) is 5.69 Å². The smallest absolute Gasteiger partial charge is 0.163 e. The van der Waals surface area contributed by atoms with Crippen molar-refractivity contribution in [3.63, 3.8) is 0 Å². The highest BCUT2D eigenvalue weighted by Crippen LogP contribution is 2.44. The molecule has 0 saturated carbocycles. The van der Waals surface area contributed by atoms with Crippen molar-refractivity contribution in [2.24, 2.45) is 0 Å². The summed E-state index contributed by atoms with van der Waals surface area (Å²) >= 11 is 12.4. The third-order valence-electron chi connectivity index (χ3n) is 4.16. The van der Waals surface area contributed by atoms with Crippen molar-refractivity contribution in [2.75, 3.05) is 18.5 Å². The first-order valence-corrected chi connectivity index (χ1v) is 8.34. The predicted octanol–water partition coefficient (Wildman–Crippen LogP) is 3.99. The first kappa shape index (κ1) is 15.4. The fourth-order valence-corrected chi connectivity index (χ4v) is 3.52. The summed E-state index contributed by atoms with van der Waals surface area (Å²) in [5.41, 5.74) is 2.92. The molecule has 122 valence electrons. The average molecular weight is 360 g/mol. The Balaban J connectivity index is 1.97. The summed E-state index contributed by atoms with van der Waals surface area (Å²) in [6.07, 6.45) is 3.49. The standard InChI is InChI=1S/C17H15Cl2N5/c1-20-9-14-13-3-2-8-23(13)15-16(19)21-10-22-17(15)24(14)12-6-4-11(18)5-7-12/h2-8,10,14,20H,9H2,1H3. The number of aromatic nitrogens is 3. The van der Waals surface area contributed by atoms with Crippen molar-refractivity contribution in [2.45, 2.75) is 6.04 Å². The van der Waals surface area contributed by atoms with Gasteiger partial charge in [0.25, 0.3) is 0 Å². The van der Waals surface area contributed by atoms with Crippen LogP contribution < -0.4 is 10.2 Å². The molecule has 0 aliphatic carbocycles. The van der Waals surface area contributed by atoms with E-state index >= 15 is 0 Å². The average Bonchev–Trinajstić information content (AvgIpc) is 3.06. The van der Waals surface area contributed by atoms with Gasteiger partial charge in [-0.05, 0) is 43.4 Å². The van der Waals surface area contributed by atoms with Gasteiger partial charge in [0, 0.05) is 29.1 Å². The van der Waals surface area contributed by atoms with E-state index in [2.05, 4.69) is 30.8 Å². The third-order valence-corrected chi connectivity index (χ3v) is 4.69. The van der Waals surface area contributed by atoms with Gasteiger partial charge in [-0.2, -0.15) is 0 Å². The van der Waals surface area contributed by atoms with Gasteiger partial charge in [0.15, 0.2) is 11.0 Å². The molecule has 0 fully saturated rings. The van der Waals surface area contributed by atoms with Gasteiger partial charge in [0.05, 0.1) is 6.04 Å². The zero-order chi connectivity index (χ0) is 16.7. The van der Waals surface area contributed by atoms with Crippen LogP contribution in [0, 0.1) is 0 Å². The Morgan fingerprint density at radius 3 is 2.67 bits per heavy atom. The molecular formula is C17H15Cl2N5. The minimum absolute atomic E-state index is 0.0737.